The molecular weight excluding hydrogens is 424 g/mol. The molecule has 1 aliphatic heterocycles. The van der Waals surface area contributed by atoms with Crippen LogP contribution in [0, 0.1) is 0 Å². The van der Waals surface area contributed by atoms with Gasteiger partial charge in [0, 0.05) is 23.6 Å². The topological polar surface area (TPSA) is 84.5 Å². The van der Waals surface area contributed by atoms with Gasteiger partial charge in [-0.25, -0.2) is 13.1 Å². The van der Waals surface area contributed by atoms with Crippen molar-refractivity contribution in [3.05, 3.63) is 89.5 Å². The Kier molecular flexibility index (Phi) is 5.45. The summed E-state index contributed by atoms with van der Waals surface area (Å²) in [5.74, 6) is 1.41. The molecule has 6 nitrogen and oxygen atoms in total. The number of aryl methyl sites for hydroxylation is 1. The number of carbonyl (C=O) groups is 1. The molecule has 7 heteroatoms. The van der Waals surface area contributed by atoms with Crippen LogP contribution in [0.2, 0.25) is 0 Å². The maximum Gasteiger partial charge on any atom is 0.240 e. The Labute approximate surface area is 187 Å². The molecule has 1 saturated carbocycles. The van der Waals surface area contributed by atoms with Crippen molar-refractivity contribution < 1.29 is 17.9 Å². The molecule has 32 heavy (non-hydrogen) atoms. The number of amides is 1. The molecule has 0 radical (unpaired) electrons. The van der Waals surface area contributed by atoms with Crippen LogP contribution in [0.4, 0.5) is 0 Å². The highest BCUT2D eigenvalue weighted by Crippen LogP contribution is 2.42. The van der Waals surface area contributed by atoms with Gasteiger partial charge >= 0.3 is 0 Å². The van der Waals surface area contributed by atoms with Gasteiger partial charge in [0.1, 0.15) is 11.5 Å². The summed E-state index contributed by atoms with van der Waals surface area (Å²) in [5, 5.41) is 3.14. The van der Waals surface area contributed by atoms with Crippen molar-refractivity contribution >= 4 is 15.9 Å². The van der Waals surface area contributed by atoms with Gasteiger partial charge in [0.15, 0.2) is 0 Å². The number of nitrogens with one attached hydrogen (secondary N) is 2. The van der Waals surface area contributed by atoms with E-state index in [1.165, 1.54) is 0 Å². The molecule has 1 aliphatic carbocycles. The van der Waals surface area contributed by atoms with Gasteiger partial charge in [-0.05, 0) is 49.1 Å². The number of carbonyl (C=O) groups excluding carboxylic acids is 1. The highest BCUT2D eigenvalue weighted by atomic mass is 32.2. The molecule has 1 fully saturated rings. The van der Waals surface area contributed by atoms with Crippen LogP contribution in [0.5, 0.6) is 11.5 Å². The fourth-order valence-electron chi connectivity index (χ4n) is 3.88. The fraction of sp³-hybridized carbons (Fsp3) is 0.240. The van der Waals surface area contributed by atoms with E-state index in [1.807, 2.05) is 48.5 Å². The van der Waals surface area contributed by atoms with Crippen molar-refractivity contribution in [3.8, 4) is 11.5 Å². The van der Waals surface area contributed by atoms with Crippen LogP contribution in [-0.4, -0.2) is 20.4 Å². The lowest BCUT2D eigenvalue weighted by Crippen LogP contribution is -2.31. The largest absolute Gasteiger partial charge is 0.457 e. The van der Waals surface area contributed by atoms with Crippen LogP contribution in [0.3, 0.4) is 0 Å². The molecule has 3 aromatic carbocycles. The standard InChI is InChI=1S/C25H24N2O4S/c28-24(16-11-17-9-14-19(15-10-17)32(29,30)27-18-12-13-18)26-25-20-5-1-3-7-22(20)31-23-8-4-2-6-21(23)25/h1-10,14-15,18,25,27H,11-13,16H2,(H,26,28). The summed E-state index contributed by atoms with van der Waals surface area (Å²) in [4.78, 5) is 13.1. The van der Waals surface area contributed by atoms with Crippen molar-refractivity contribution in [2.75, 3.05) is 0 Å². The molecule has 0 aromatic heterocycles. The predicted octanol–water partition coefficient (Wildman–Crippen LogP) is 4.07. The van der Waals surface area contributed by atoms with Gasteiger partial charge in [-0.1, -0.05) is 48.5 Å². The Hall–Kier alpha value is -3.16. The number of hydrogen-bond acceptors (Lipinski definition) is 4. The summed E-state index contributed by atoms with van der Waals surface area (Å²) in [5.41, 5.74) is 2.77. The summed E-state index contributed by atoms with van der Waals surface area (Å²) < 4.78 is 33.2. The number of benzene rings is 3. The number of rotatable bonds is 7. The second-order valence-corrected chi connectivity index (χ2v) is 9.93. The van der Waals surface area contributed by atoms with E-state index in [4.69, 9.17) is 4.74 Å². The first-order valence-corrected chi connectivity index (χ1v) is 12.2. The van der Waals surface area contributed by atoms with Crippen molar-refractivity contribution in [1.82, 2.24) is 10.0 Å². The molecule has 2 N–H and O–H groups in total. The van der Waals surface area contributed by atoms with E-state index in [0.29, 0.717) is 12.8 Å². The molecule has 1 amide bonds. The van der Waals surface area contributed by atoms with Crippen LogP contribution in [0.15, 0.2) is 77.7 Å². The molecule has 0 saturated heterocycles. The molecule has 0 unspecified atom stereocenters. The van der Waals surface area contributed by atoms with Gasteiger partial charge in [0.2, 0.25) is 15.9 Å². The van der Waals surface area contributed by atoms with E-state index < -0.39 is 10.0 Å². The van der Waals surface area contributed by atoms with Crippen molar-refractivity contribution in [2.24, 2.45) is 0 Å². The summed E-state index contributed by atoms with van der Waals surface area (Å²) >= 11 is 0. The lowest BCUT2D eigenvalue weighted by Gasteiger charge is -2.28. The van der Waals surface area contributed by atoms with E-state index in [2.05, 4.69) is 10.0 Å². The van der Waals surface area contributed by atoms with Crippen LogP contribution >= 0.6 is 0 Å². The Morgan fingerprint density at radius 2 is 1.47 bits per heavy atom. The fourth-order valence-corrected chi connectivity index (χ4v) is 5.19. The maximum atomic E-state index is 12.8. The van der Waals surface area contributed by atoms with Gasteiger partial charge in [-0.15, -0.1) is 0 Å². The molecule has 0 bridgehead atoms. The highest BCUT2D eigenvalue weighted by Gasteiger charge is 2.29. The molecule has 1 heterocycles. The Morgan fingerprint density at radius 3 is 2.06 bits per heavy atom. The van der Waals surface area contributed by atoms with Gasteiger partial charge in [-0.3, -0.25) is 4.79 Å². The molecule has 2 aliphatic rings. The minimum absolute atomic E-state index is 0.0730. The summed E-state index contributed by atoms with van der Waals surface area (Å²) in [6.07, 6.45) is 2.62. The van der Waals surface area contributed by atoms with Crippen LogP contribution in [0.25, 0.3) is 0 Å². The first-order chi connectivity index (χ1) is 15.5. The van der Waals surface area contributed by atoms with Gasteiger partial charge in [0.25, 0.3) is 0 Å². The number of hydrogen-bond donors (Lipinski definition) is 2. The van der Waals surface area contributed by atoms with Crippen molar-refractivity contribution in [1.29, 1.82) is 0 Å². The number of fused-ring (bicyclic) bond motifs is 2. The van der Waals surface area contributed by atoms with E-state index >= 15 is 0 Å². The quantitative estimate of drug-likeness (QED) is 0.571. The van der Waals surface area contributed by atoms with E-state index in [0.717, 1.165) is 41.0 Å². The summed E-state index contributed by atoms with van der Waals surface area (Å²) in [7, 11) is -3.46. The number of sulfonamides is 1. The zero-order valence-corrected chi connectivity index (χ0v) is 18.3. The Balaban J connectivity index is 1.25. The summed E-state index contributed by atoms with van der Waals surface area (Å²) in [6, 6.07) is 22.0. The van der Waals surface area contributed by atoms with Crippen LogP contribution in [0.1, 0.15) is 42.0 Å². The lowest BCUT2D eigenvalue weighted by molar-refractivity contribution is -0.121. The number of para-hydroxylation sites is 2. The molecule has 0 spiro atoms. The first kappa shape index (κ1) is 20.7. The number of ether oxygens (including phenoxy) is 1. The zero-order chi connectivity index (χ0) is 22.1. The molecule has 3 aromatic rings. The van der Waals surface area contributed by atoms with E-state index in [1.54, 1.807) is 24.3 Å². The summed E-state index contributed by atoms with van der Waals surface area (Å²) in [6.45, 7) is 0. The molecule has 164 valence electrons. The third-order valence-corrected chi connectivity index (χ3v) is 7.30. The SMILES string of the molecule is O=C(CCc1ccc(S(=O)(=O)NC2CC2)cc1)NC1c2ccccc2Oc2ccccc21. The monoisotopic (exact) mass is 448 g/mol. The van der Waals surface area contributed by atoms with E-state index in [-0.39, 0.29) is 22.9 Å². The van der Waals surface area contributed by atoms with Crippen LogP contribution in [-0.2, 0) is 21.2 Å². The van der Waals surface area contributed by atoms with Gasteiger partial charge in [0.05, 0.1) is 10.9 Å². The third kappa shape index (κ3) is 4.40. The highest BCUT2D eigenvalue weighted by molar-refractivity contribution is 7.89. The zero-order valence-electron chi connectivity index (χ0n) is 17.5. The first-order valence-electron chi connectivity index (χ1n) is 10.8. The average molecular weight is 449 g/mol. The molecule has 0 atom stereocenters. The molecular formula is C25H24N2O4S. The average Bonchev–Trinajstić information content (AvgIpc) is 3.61. The van der Waals surface area contributed by atoms with Gasteiger partial charge in [-0.2, -0.15) is 0 Å². The predicted molar refractivity (Wildman–Crippen MR) is 121 cm³/mol. The maximum absolute atomic E-state index is 12.8. The van der Waals surface area contributed by atoms with Gasteiger partial charge < -0.3 is 10.1 Å². The second-order valence-electron chi connectivity index (χ2n) is 8.22. The van der Waals surface area contributed by atoms with Crippen molar-refractivity contribution in [3.63, 3.8) is 0 Å². The Morgan fingerprint density at radius 1 is 0.875 bits per heavy atom. The minimum atomic E-state index is -3.46. The lowest BCUT2D eigenvalue weighted by atomic mass is 9.94. The Bertz CT molecular complexity index is 1210. The molecule has 5 rings (SSSR count). The normalized spacial score (nSPS) is 15.4. The minimum Gasteiger partial charge on any atom is -0.457 e. The van der Waals surface area contributed by atoms with Crippen LogP contribution < -0.4 is 14.8 Å². The second kappa shape index (κ2) is 8.41. The van der Waals surface area contributed by atoms with E-state index in [9.17, 15) is 13.2 Å². The third-order valence-electron chi connectivity index (χ3n) is 5.76. The van der Waals surface area contributed by atoms with Crippen molar-refractivity contribution in [2.45, 2.75) is 42.7 Å². The smallest absolute Gasteiger partial charge is 0.240 e.